The van der Waals surface area contributed by atoms with Gasteiger partial charge in [-0.25, -0.2) is 0 Å². The van der Waals surface area contributed by atoms with E-state index in [-0.39, 0.29) is 12.5 Å². The van der Waals surface area contributed by atoms with Crippen LogP contribution in [0.1, 0.15) is 194 Å². The van der Waals surface area contributed by atoms with Crippen LogP contribution in [0.5, 0.6) is 0 Å². The van der Waals surface area contributed by atoms with Gasteiger partial charge >= 0.3 is 0 Å². The van der Waals surface area contributed by atoms with Crippen molar-refractivity contribution in [1.29, 1.82) is 0 Å². The van der Waals surface area contributed by atoms with Crippen LogP contribution in [0.3, 0.4) is 0 Å². The lowest BCUT2D eigenvalue weighted by molar-refractivity contribution is -0.123. The third kappa shape index (κ3) is 37.1. The van der Waals surface area contributed by atoms with Gasteiger partial charge in [0.25, 0.3) is 0 Å². The summed E-state index contributed by atoms with van der Waals surface area (Å²) in [6.45, 7) is 4.22. The maximum Gasteiger partial charge on any atom is 0.220 e. The van der Waals surface area contributed by atoms with Crippen molar-refractivity contribution in [3.05, 3.63) is 72.9 Å². The molecule has 0 aliphatic carbocycles. The summed E-state index contributed by atoms with van der Waals surface area (Å²) in [6.07, 6.45) is 58.2. The minimum absolute atomic E-state index is 0.0499. The van der Waals surface area contributed by atoms with Crippen LogP contribution in [0, 0.1) is 0 Å². The highest BCUT2D eigenvalue weighted by atomic mass is 16.3. The maximum absolute atomic E-state index is 12.4. The fourth-order valence-electron chi connectivity index (χ4n) is 6.01. The van der Waals surface area contributed by atoms with E-state index in [0.29, 0.717) is 12.8 Å². The molecule has 0 saturated carbocycles. The van der Waals surface area contributed by atoms with Crippen molar-refractivity contribution >= 4 is 5.91 Å². The Morgan fingerprint density at radius 3 is 1.32 bits per heavy atom. The summed E-state index contributed by atoms with van der Waals surface area (Å²) in [5, 5.41) is 23.1. The molecule has 50 heavy (non-hydrogen) atoms. The van der Waals surface area contributed by atoms with E-state index in [0.717, 1.165) is 77.0 Å². The normalized spacial score (nSPS) is 13.8. The van der Waals surface area contributed by atoms with Crippen molar-refractivity contribution in [2.75, 3.05) is 6.61 Å². The molecule has 288 valence electrons. The minimum Gasteiger partial charge on any atom is -0.394 e. The molecule has 2 atom stereocenters. The van der Waals surface area contributed by atoms with Gasteiger partial charge in [-0.1, -0.05) is 196 Å². The molecule has 0 aromatic rings. The largest absolute Gasteiger partial charge is 0.394 e. The Hall–Kier alpha value is -2.17. The van der Waals surface area contributed by atoms with Crippen LogP contribution in [0.25, 0.3) is 0 Å². The molecule has 2 unspecified atom stereocenters. The van der Waals surface area contributed by atoms with E-state index in [1.807, 2.05) is 0 Å². The fourth-order valence-corrected chi connectivity index (χ4v) is 6.01. The molecular weight excluding hydrogens is 615 g/mol. The molecule has 0 heterocycles. The Morgan fingerprint density at radius 2 is 0.880 bits per heavy atom. The van der Waals surface area contributed by atoms with Gasteiger partial charge in [-0.2, -0.15) is 0 Å². The SMILES string of the molecule is CC/C=C\C/C=C\C/C=C\C/C=C\C/C=C\C/C=C\CCCCCCCCC(=O)NC(CO)C(O)CCCCCCCCCCCCCCC. The molecule has 0 aromatic heterocycles. The van der Waals surface area contributed by atoms with Crippen LogP contribution in [0.2, 0.25) is 0 Å². The van der Waals surface area contributed by atoms with Gasteiger partial charge < -0.3 is 15.5 Å². The number of amides is 1. The number of carbonyl (C=O) groups is 1. The van der Waals surface area contributed by atoms with E-state index in [2.05, 4.69) is 92.1 Å². The van der Waals surface area contributed by atoms with Gasteiger partial charge in [0.05, 0.1) is 18.8 Å². The van der Waals surface area contributed by atoms with E-state index < -0.39 is 12.1 Å². The predicted molar refractivity (Wildman–Crippen MR) is 220 cm³/mol. The first-order valence-electron chi connectivity index (χ1n) is 21.1. The molecular formula is C46H81NO3. The Kier molecular flexibility index (Phi) is 39.5. The number of nitrogens with one attached hydrogen (secondary N) is 1. The van der Waals surface area contributed by atoms with Crippen LogP contribution in [0.15, 0.2) is 72.9 Å². The Labute approximate surface area is 310 Å². The van der Waals surface area contributed by atoms with Gasteiger partial charge in [-0.3, -0.25) is 4.79 Å². The van der Waals surface area contributed by atoms with Crippen molar-refractivity contribution in [3.63, 3.8) is 0 Å². The quantitative estimate of drug-likeness (QED) is 0.0447. The molecule has 4 heteroatoms. The molecule has 0 saturated heterocycles. The summed E-state index contributed by atoms with van der Waals surface area (Å²) in [5.41, 5.74) is 0. The van der Waals surface area contributed by atoms with Gasteiger partial charge in [-0.15, -0.1) is 0 Å². The summed E-state index contributed by atoms with van der Waals surface area (Å²) < 4.78 is 0. The lowest BCUT2D eigenvalue weighted by Crippen LogP contribution is -2.45. The van der Waals surface area contributed by atoms with Crippen LogP contribution >= 0.6 is 0 Å². The van der Waals surface area contributed by atoms with Crippen molar-refractivity contribution in [1.82, 2.24) is 5.32 Å². The van der Waals surface area contributed by atoms with Crippen LogP contribution in [0.4, 0.5) is 0 Å². The van der Waals surface area contributed by atoms with Crippen molar-refractivity contribution in [2.24, 2.45) is 0 Å². The minimum atomic E-state index is -0.669. The number of hydrogen-bond donors (Lipinski definition) is 3. The van der Waals surface area contributed by atoms with Gasteiger partial charge in [0.2, 0.25) is 5.91 Å². The standard InChI is InChI=1S/C46H81NO3/c1-3-5-7-9-11-13-15-17-18-19-20-21-22-23-24-25-26-27-28-30-32-34-36-38-40-42-46(50)47-44(43-48)45(49)41-39-37-35-33-31-29-16-14-12-10-8-6-4-2/h5,7,11,13,17-18,20-21,23-24,26-27,44-45,48-49H,3-4,6,8-10,12,14-16,19,22,25,28-43H2,1-2H3,(H,47,50)/b7-5-,13-11-,18-17-,21-20-,24-23-,27-26-. The van der Waals surface area contributed by atoms with Crippen molar-refractivity contribution in [2.45, 2.75) is 206 Å². The Bertz CT molecular complexity index is 884. The van der Waals surface area contributed by atoms with E-state index >= 15 is 0 Å². The summed E-state index contributed by atoms with van der Waals surface area (Å²) in [5.74, 6) is -0.0499. The first-order chi connectivity index (χ1) is 24.7. The van der Waals surface area contributed by atoms with Gasteiger partial charge in [-0.05, 0) is 64.2 Å². The number of hydrogen-bond acceptors (Lipinski definition) is 3. The zero-order valence-corrected chi connectivity index (χ0v) is 32.9. The number of carbonyl (C=O) groups excluding carboxylic acids is 1. The number of aliphatic hydroxyl groups is 2. The fraction of sp³-hybridized carbons (Fsp3) is 0.717. The second-order valence-corrected chi connectivity index (χ2v) is 14.0. The summed E-state index contributed by atoms with van der Waals surface area (Å²) in [6, 6.07) is -0.547. The smallest absolute Gasteiger partial charge is 0.220 e. The van der Waals surface area contributed by atoms with Crippen LogP contribution in [-0.2, 0) is 4.79 Å². The van der Waals surface area contributed by atoms with Crippen molar-refractivity contribution in [3.8, 4) is 0 Å². The molecule has 1 amide bonds. The first-order valence-corrected chi connectivity index (χ1v) is 21.1. The zero-order valence-electron chi connectivity index (χ0n) is 32.9. The molecule has 0 bridgehead atoms. The number of rotatable bonds is 37. The Morgan fingerprint density at radius 1 is 0.500 bits per heavy atom. The third-order valence-corrected chi connectivity index (χ3v) is 9.23. The Balaban J connectivity index is 3.63. The first kappa shape index (κ1) is 47.8. The summed E-state index contributed by atoms with van der Waals surface area (Å²) >= 11 is 0. The molecule has 0 radical (unpaired) electrons. The highest BCUT2D eigenvalue weighted by Crippen LogP contribution is 2.15. The molecule has 4 nitrogen and oxygen atoms in total. The highest BCUT2D eigenvalue weighted by Gasteiger charge is 2.19. The topological polar surface area (TPSA) is 69.6 Å². The van der Waals surface area contributed by atoms with Gasteiger partial charge in [0.1, 0.15) is 0 Å². The molecule has 3 N–H and O–H groups in total. The second-order valence-electron chi connectivity index (χ2n) is 14.0. The van der Waals surface area contributed by atoms with E-state index in [9.17, 15) is 15.0 Å². The predicted octanol–water partition coefficient (Wildman–Crippen LogP) is 13.1. The monoisotopic (exact) mass is 696 g/mol. The molecule has 0 spiro atoms. The van der Waals surface area contributed by atoms with Gasteiger partial charge in [0, 0.05) is 6.42 Å². The van der Waals surface area contributed by atoms with Crippen LogP contribution in [-0.4, -0.2) is 34.9 Å². The number of unbranched alkanes of at least 4 members (excludes halogenated alkanes) is 18. The molecule has 0 aromatic carbocycles. The van der Waals surface area contributed by atoms with E-state index in [1.54, 1.807) is 0 Å². The van der Waals surface area contributed by atoms with Crippen molar-refractivity contribution < 1.29 is 15.0 Å². The molecule has 0 rings (SSSR count). The number of allylic oxidation sites excluding steroid dienone is 12. The summed E-state index contributed by atoms with van der Waals surface area (Å²) in [4.78, 5) is 12.4. The highest BCUT2D eigenvalue weighted by molar-refractivity contribution is 5.76. The van der Waals surface area contributed by atoms with E-state index in [4.69, 9.17) is 0 Å². The lowest BCUT2D eigenvalue weighted by Gasteiger charge is -2.22. The molecule has 0 aliphatic heterocycles. The lowest BCUT2D eigenvalue weighted by atomic mass is 10.0. The number of aliphatic hydroxyl groups excluding tert-OH is 2. The third-order valence-electron chi connectivity index (χ3n) is 9.23. The zero-order chi connectivity index (χ0) is 36.4. The average Bonchev–Trinajstić information content (AvgIpc) is 3.12. The van der Waals surface area contributed by atoms with Crippen LogP contribution < -0.4 is 5.32 Å². The molecule has 0 fully saturated rings. The maximum atomic E-state index is 12.4. The average molecular weight is 696 g/mol. The molecule has 0 aliphatic rings. The second kappa shape index (κ2) is 41.3. The van der Waals surface area contributed by atoms with Gasteiger partial charge in [0.15, 0.2) is 0 Å². The van der Waals surface area contributed by atoms with E-state index in [1.165, 1.54) is 89.9 Å². The summed E-state index contributed by atoms with van der Waals surface area (Å²) in [7, 11) is 0.